The maximum atomic E-state index is 11.9. The van der Waals surface area contributed by atoms with Crippen molar-refractivity contribution in [2.24, 2.45) is 0 Å². The van der Waals surface area contributed by atoms with E-state index in [0.29, 0.717) is 5.92 Å². The number of nitrogens with one attached hydrogen (secondary N) is 1. The second-order valence-electron chi connectivity index (χ2n) is 5.38. The predicted octanol–water partition coefficient (Wildman–Crippen LogP) is 3.89. The molecule has 0 saturated carbocycles. The van der Waals surface area contributed by atoms with Crippen LogP contribution in [0.15, 0.2) is 18.2 Å². The highest BCUT2D eigenvalue weighted by atomic mass is 32.2. The first kappa shape index (κ1) is 12.5. The van der Waals surface area contributed by atoms with Crippen molar-refractivity contribution in [3.8, 4) is 0 Å². The fraction of sp³-hybridized carbons (Fsp3) is 0.500. The van der Waals surface area contributed by atoms with Crippen molar-refractivity contribution in [2.75, 3.05) is 11.6 Å². The van der Waals surface area contributed by atoms with Crippen LogP contribution in [0.4, 0.5) is 5.69 Å². The summed E-state index contributed by atoms with van der Waals surface area (Å²) in [5, 5.41) is 3.65. The van der Waals surface area contributed by atoms with E-state index < -0.39 is 0 Å². The summed E-state index contributed by atoms with van der Waals surface area (Å²) in [5.41, 5.74) is 3.18. The summed E-state index contributed by atoms with van der Waals surface area (Å²) in [6.45, 7) is 6.61. The van der Waals surface area contributed by atoms with Crippen molar-refractivity contribution >= 4 is 22.6 Å². The number of anilines is 1. The Morgan fingerprint density at radius 3 is 2.82 bits per heavy atom. The molecule has 1 atom stereocenters. The monoisotopic (exact) mass is 249 g/mol. The average molecular weight is 249 g/mol. The maximum Gasteiger partial charge on any atom is 0.221 e. The number of carbonyl (C=O) groups excluding carboxylic acids is 1. The van der Waals surface area contributed by atoms with Gasteiger partial charge < -0.3 is 5.32 Å². The Labute approximate surface area is 107 Å². The van der Waals surface area contributed by atoms with Crippen molar-refractivity contribution in [3.05, 3.63) is 29.3 Å². The van der Waals surface area contributed by atoms with E-state index in [1.807, 2.05) is 18.4 Å². The van der Waals surface area contributed by atoms with Gasteiger partial charge in [0.25, 0.3) is 0 Å². The molecule has 1 heterocycles. The highest BCUT2D eigenvalue weighted by molar-refractivity contribution is 8.13. The third kappa shape index (κ3) is 2.34. The van der Waals surface area contributed by atoms with Crippen molar-refractivity contribution < 1.29 is 4.79 Å². The van der Waals surface area contributed by atoms with Crippen molar-refractivity contribution in [3.63, 3.8) is 0 Å². The number of fused-ring (bicyclic) bond motifs is 1. The first-order valence-corrected chi connectivity index (χ1v) is 7.16. The van der Waals surface area contributed by atoms with Crippen LogP contribution >= 0.6 is 11.8 Å². The quantitative estimate of drug-likeness (QED) is 0.818. The standard InChI is InChI=1S/C14H19NOS/c1-9-8-14(2,3)15-12-10(9)6-5-7-11(12)13(16)17-4/h5-7,9,15H,8H2,1-4H3. The molecule has 0 bridgehead atoms. The largest absolute Gasteiger partial charge is 0.379 e. The molecule has 0 radical (unpaired) electrons. The first-order valence-electron chi connectivity index (χ1n) is 5.94. The molecule has 0 aromatic heterocycles. The molecule has 1 aliphatic heterocycles. The topological polar surface area (TPSA) is 29.1 Å². The molecular weight excluding hydrogens is 230 g/mol. The van der Waals surface area contributed by atoms with Crippen molar-refractivity contribution in [1.29, 1.82) is 0 Å². The summed E-state index contributed by atoms with van der Waals surface area (Å²) in [4.78, 5) is 11.9. The normalized spacial score (nSPS) is 21.5. The fourth-order valence-electron chi connectivity index (χ4n) is 2.67. The first-order chi connectivity index (χ1) is 7.94. The third-order valence-electron chi connectivity index (χ3n) is 3.31. The lowest BCUT2D eigenvalue weighted by Gasteiger charge is -2.38. The van der Waals surface area contributed by atoms with Crippen LogP contribution in [0.2, 0.25) is 0 Å². The number of hydrogen-bond acceptors (Lipinski definition) is 3. The van der Waals surface area contributed by atoms with Crippen LogP contribution in [0.1, 0.15) is 49.0 Å². The van der Waals surface area contributed by atoms with Gasteiger partial charge in [-0.15, -0.1) is 0 Å². The van der Waals surface area contributed by atoms with Crippen LogP contribution in [-0.4, -0.2) is 16.9 Å². The molecule has 1 aliphatic rings. The molecule has 92 valence electrons. The molecule has 1 N–H and O–H groups in total. The minimum Gasteiger partial charge on any atom is -0.379 e. The molecule has 1 aromatic rings. The molecule has 0 aliphatic carbocycles. The Balaban J connectivity index is 2.53. The average Bonchev–Trinajstić information content (AvgIpc) is 2.26. The van der Waals surface area contributed by atoms with Gasteiger partial charge in [0.1, 0.15) is 0 Å². The van der Waals surface area contributed by atoms with Gasteiger partial charge in [-0.1, -0.05) is 30.8 Å². The zero-order valence-corrected chi connectivity index (χ0v) is 11.6. The Bertz CT molecular complexity index is 454. The van der Waals surface area contributed by atoms with E-state index in [2.05, 4.69) is 32.2 Å². The molecule has 0 spiro atoms. The molecular formula is C14H19NOS. The smallest absolute Gasteiger partial charge is 0.221 e. The molecule has 3 heteroatoms. The molecule has 0 fully saturated rings. The van der Waals surface area contributed by atoms with Gasteiger partial charge in [0.15, 0.2) is 0 Å². The van der Waals surface area contributed by atoms with Crippen molar-refractivity contribution in [2.45, 2.75) is 38.6 Å². The Kier molecular flexibility index (Phi) is 3.21. The molecule has 2 rings (SSSR count). The number of para-hydroxylation sites is 1. The van der Waals surface area contributed by atoms with Gasteiger partial charge in [0.05, 0.1) is 5.56 Å². The Hall–Kier alpha value is -0.960. The molecule has 1 unspecified atom stereocenters. The predicted molar refractivity (Wildman–Crippen MR) is 75.0 cm³/mol. The number of thioether (sulfide) groups is 1. The van der Waals surface area contributed by atoms with Gasteiger partial charge >= 0.3 is 0 Å². The van der Waals surface area contributed by atoms with Gasteiger partial charge in [0, 0.05) is 11.2 Å². The third-order valence-corrected chi connectivity index (χ3v) is 3.90. The van der Waals surface area contributed by atoms with Crippen LogP contribution in [0, 0.1) is 0 Å². The van der Waals surface area contributed by atoms with E-state index in [4.69, 9.17) is 0 Å². The van der Waals surface area contributed by atoms with Gasteiger partial charge in [-0.25, -0.2) is 0 Å². The summed E-state index contributed by atoms with van der Waals surface area (Å²) >= 11 is 1.27. The Morgan fingerprint density at radius 1 is 1.47 bits per heavy atom. The summed E-state index contributed by atoms with van der Waals surface area (Å²) in [6.07, 6.45) is 2.93. The van der Waals surface area contributed by atoms with E-state index in [1.54, 1.807) is 0 Å². The molecule has 0 amide bonds. The van der Waals surface area contributed by atoms with E-state index >= 15 is 0 Å². The van der Waals surface area contributed by atoms with E-state index in [0.717, 1.165) is 17.7 Å². The van der Waals surface area contributed by atoms with E-state index in [9.17, 15) is 4.79 Å². The van der Waals surface area contributed by atoms with Crippen LogP contribution in [-0.2, 0) is 0 Å². The fourth-order valence-corrected chi connectivity index (χ4v) is 3.06. The number of rotatable bonds is 1. The van der Waals surface area contributed by atoms with E-state index in [-0.39, 0.29) is 10.7 Å². The van der Waals surface area contributed by atoms with Gasteiger partial charge in [-0.2, -0.15) is 0 Å². The molecule has 1 aromatic carbocycles. The Morgan fingerprint density at radius 2 is 2.18 bits per heavy atom. The summed E-state index contributed by atoms with van der Waals surface area (Å²) in [6, 6.07) is 6.02. The lowest BCUT2D eigenvalue weighted by Crippen LogP contribution is -2.37. The van der Waals surface area contributed by atoms with Crippen LogP contribution in [0.25, 0.3) is 0 Å². The summed E-state index contributed by atoms with van der Waals surface area (Å²) < 4.78 is 0. The number of hydrogen-bond donors (Lipinski definition) is 1. The molecule has 2 nitrogen and oxygen atoms in total. The maximum absolute atomic E-state index is 11.9. The summed E-state index contributed by atoms with van der Waals surface area (Å²) in [7, 11) is 0. The SMILES string of the molecule is CSC(=O)c1cccc2c1NC(C)(C)CC2C. The van der Waals surface area contributed by atoms with E-state index in [1.165, 1.54) is 17.3 Å². The lowest BCUT2D eigenvalue weighted by molar-refractivity contribution is 0.109. The highest BCUT2D eigenvalue weighted by Gasteiger charge is 2.31. The number of benzene rings is 1. The molecule has 0 saturated heterocycles. The van der Waals surface area contributed by atoms with Crippen LogP contribution in [0.5, 0.6) is 0 Å². The van der Waals surface area contributed by atoms with Crippen LogP contribution in [0.3, 0.4) is 0 Å². The highest BCUT2D eigenvalue weighted by Crippen LogP contribution is 2.40. The van der Waals surface area contributed by atoms with Gasteiger partial charge in [0.2, 0.25) is 5.12 Å². The lowest BCUT2D eigenvalue weighted by atomic mass is 9.81. The van der Waals surface area contributed by atoms with Gasteiger partial charge in [-0.3, -0.25) is 4.79 Å². The summed E-state index contributed by atoms with van der Waals surface area (Å²) in [5.74, 6) is 0.496. The molecule has 17 heavy (non-hydrogen) atoms. The zero-order valence-electron chi connectivity index (χ0n) is 10.8. The minimum atomic E-state index is 0.0568. The second-order valence-corrected chi connectivity index (χ2v) is 6.15. The minimum absolute atomic E-state index is 0.0568. The second kappa shape index (κ2) is 4.37. The van der Waals surface area contributed by atoms with Gasteiger partial charge in [-0.05, 0) is 44.1 Å². The van der Waals surface area contributed by atoms with Crippen LogP contribution < -0.4 is 5.32 Å². The number of carbonyl (C=O) groups is 1. The van der Waals surface area contributed by atoms with Crippen molar-refractivity contribution in [1.82, 2.24) is 0 Å². The zero-order chi connectivity index (χ0) is 12.6.